The van der Waals surface area contributed by atoms with Crippen LogP contribution in [0.5, 0.6) is 0 Å². The summed E-state index contributed by atoms with van der Waals surface area (Å²) in [4.78, 5) is 22.5. The summed E-state index contributed by atoms with van der Waals surface area (Å²) in [6.45, 7) is 9.40. The van der Waals surface area contributed by atoms with Gasteiger partial charge in [0.1, 0.15) is 5.82 Å². The third kappa shape index (κ3) is 2.96. The molecular weight excluding hydrogens is 264 g/mol. The van der Waals surface area contributed by atoms with Crippen molar-refractivity contribution in [3.05, 3.63) is 22.9 Å². The van der Waals surface area contributed by atoms with Crippen LogP contribution in [0, 0.1) is 6.92 Å². The SMILES string of the molecule is CC.Cc1cc(CN2CCN(C)C2=O)c2c(n1)N(C)CC2. The van der Waals surface area contributed by atoms with E-state index in [0.29, 0.717) is 6.54 Å². The number of pyridine rings is 1. The topological polar surface area (TPSA) is 39.7 Å². The van der Waals surface area contributed by atoms with Crippen LogP contribution in [0.15, 0.2) is 6.07 Å². The molecule has 21 heavy (non-hydrogen) atoms. The maximum atomic E-state index is 12.0. The van der Waals surface area contributed by atoms with Crippen LogP contribution in [-0.4, -0.2) is 54.5 Å². The molecule has 0 atom stereocenters. The van der Waals surface area contributed by atoms with E-state index in [0.717, 1.165) is 37.6 Å². The molecule has 0 aliphatic carbocycles. The lowest BCUT2D eigenvalue weighted by atomic mass is 10.1. The second-order valence-corrected chi connectivity index (χ2v) is 5.52. The molecule has 0 bridgehead atoms. The predicted molar refractivity (Wildman–Crippen MR) is 85.7 cm³/mol. The molecule has 0 aromatic carbocycles. The van der Waals surface area contributed by atoms with Crippen molar-refractivity contribution in [1.29, 1.82) is 0 Å². The van der Waals surface area contributed by atoms with Crippen molar-refractivity contribution in [2.75, 3.05) is 38.6 Å². The van der Waals surface area contributed by atoms with Gasteiger partial charge in [-0.1, -0.05) is 13.8 Å². The highest BCUT2D eigenvalue weighted by Gasteiger charge is 2.28. The summed E-state index contributed by atoms with van der Waals surface area (Å²) >= 11 is 0. The third-order valence-electron chi connectivity index (χ3n) is 4.05. The number of carbonyl (C=O) groups is 1. The van der Waals surface area contributed by atoms with Gasteiger partial charge in [0.25, 0.3) is 0 Å². The number of aromatic nitrogens is 1. The quantitative estimate of drug-likeness (QED) is 0.839. The fourth-order valence-corrected chi connectivity index (χ4v) is 2.92. The Kier molecular flexibility index (Phi) is 4.70. The van der Waals surface area contributed by atoms with E-state index in [9.17, 15) is 4.79 Å². The Hall–Kier alpha value is -1.78. The lowest BCUT2D eigenvalue weighted by molar-refractivity contribution is 0.197. The van der Waals surface area contributed by atoms with Gasteiger partial charge in [-0.05, 0) is 25.0 Å². The number of carbonyl (C=O) groups excluding carboxylic acids is 1. The molecule has 1 saturated heterocycles. The highest BCUT2D eigenvalue weighted by atomic mass is 16.2. The van der Waals surface area contributed by atoms with Gasteiger partial charge in [0, 0.05) is 51.5 Å². The van der Waals surface area contributed by atoms with Crippen LogP contribution in [-0.2, 0) is 13.0 Å². The second kappa shape index (κ2) is 6.33. The van der Waals surface area contributed by atoms with Crippen LogP contribution in [0.2, 0.25) is 0 Å². The van der Waals surface area contributed by atoms with E-state index < -0.39 is 0 Å². The number of hydrogen-bond acceptors (Lipinski definition) is 3. The third-order valence-corrected chi connectivity index (χ3v) is 4.05. The van der Waals surface area contributed by atoms with Crippen LogP contribution in [0.4, 0.5) is 10.6 Å². The Labute approximate surface area is 127 Å². The monoisotopic (exact) mass is 290 g/mol. The van der Waals surface area contributed by atoms with Crippen LogP contribution in [0.3, 0.4) is 0 Å². The Bertz CT molecular complexity index is 529. The van der Waals surface area contributed by atoms with Crippen molar-refractivity contribution < 1.29 is 4.79 Å². The molecule has 3 rings (SSSR count). The van der Waals surface area contributed by atoms with Crippen LogP contribution in [0.1, 0.15) is 30.7 Å². The van der Waals surface area contributed by atoms with Gasteiger partial charge in [-0.25, -0.2) is 9.78 Å². The summed E-state index contributed by atoms with van der Waals surface area (Å²) in [5, 5.41) is 0. The minimum Gasteiger partial charge on any atom is -0.359 e. The molecule has 2 amide bonds. The van der Waals surface area contributed by atoms with Gasteiger partial charge in [0.15, 0.2) is 0 Å². The number of rotatable bonds is 2. The van der Waals surface area contributed by atoms with E-state index >= 15 is 0 Å². The molecule has 0 N–H and O–H groups in total. The van der Waals surface area contributed by atoms with Gasteiger partial charge in [0.2, 0.25) is 0 Å². The van der Waals surface area contributed by atoms with Gasteiger partial charge in [-0.15, -0.1) is 0 Å². The Balaban J connectivity index is 0.000000774. The van der Waals surface area contributed by atoms with Crippen LogP contribution < -0.4 is 4.90 Å². The van der Waals surface area contributed by atoms with Crippen LogP contribution >= 0.6 is 0 Å². The average Bonchev–Trinajstić information content (AvgIpc) is 2.99. The molecule has 1 aromatic rings. The highest BCUT2D eigenvalue weighted by Crippen LogP contribution is 2.29. The van der Waals surface area contributed by atoms with E-state index in [1.54, 1.807) is 4.90 Å². The number of fused-ring (bicyclic) bond motifs is 1. The minimum atomic E-state index is 0.134. The van der Waals surface area contributed by atoms with Crippen molar-refractivity contribution in [2.24, 2.45) is 0 Å². The lowest BCUT2D eigenvalue weighted by Crippen LogP contribution is -2.29. The van der Waals surface area contributed by atoms with Gasteiger partial charge in [0.05, 0.1) is 0 Å². The molecule has 0 radical (unpaired) electrons. The molecule has 5 heteroatoms. The molecule has 0 saturated carbocycles. The van der Waals surface area contributed by atoms with E-state index in [1.165, 1.54) is 11.1 Å². The number of likely N-dealkylation sites (N-methyl/N-ethyl adjacent to an activating group) is 2. The largest absolute Gasteiger partial charge is 0.359 e. The van der Waals surface area contributed by atoms with Crippen molar-refractivity contribution in [2.45, 2.75) is 33.7 Å². The lowest BCUT2D eigenvalue weighted by Gasteiger charge is -2.19. The first-order valence-electron chi connectivity index (χ1n) is 7.77. The van der Waals surface area contributed by atoms with Crippen molar-refractivity contribution >= 4 is 11.8 Å². The first-order chi connectivity index (χ1) is 10.1. The molecular formula is C16H26N4O. The average molecular weight is 290 g/mol. The van der Waals surface area contributed by atoms with E-state index in [4.69, 9.17) is 0 Å². The number of anilines is 1. The molecule has 3 heterocycles. The number of hydrogen-bond donors (Lipinski definition) is 0. The van der Waals surface area contributed by atoms with Crippen molar-refractivity contribution in [1.82, 2.24) is 14.8 Å². The Morgan fingerprint density at radius 3 is 2.48 bits per heavy atom. The second-order valence-electron chi connectivity index (χ2n) is 5.52. The first kappa shape index (κ1) is 15.6. The molecule has 0 spiro atoms. The zero-order chi connectivity index (χ0) is 15.6. The molecule has 116 valence electrons. The summed E-state index contributed by atoms with van der Waals surface area (Å²) in [6, 6.07) is 2.26. The van der Waals surface area contributed by atoms with Gasteiger partial charge < -0.3 is 14.7 Å². The Morgan fingerprint density at radius 1 is 1.14 bits per heavy atom. The van der Waals surface area contributed by atoms with Crippen molar-refractivity contribution in [3.8, 4) is 0 Å². The Morgan fingerprint density at radius 2 is 1.86 bits per heavy atom. The summed E-state index contributed by atoms with van der Waals surface area (Å²) in [7, 11) is 3.94. The molecule has 5 nitrogen and oxygen atoms in total. The summed E-state index contributed by atoms with van der Waals surface area (Å²) in [5.74, 6) is 1.09. The van der Waals surface area contributed by atoms with Gasteiger partial charge in [-0.3, -0.25) is 0 Å². The maximum absolute atomic E-state index is 12.0. The smallest absolute Gasteiger partial charge is 0.320 e. The molecule has 2 aliphatic rings. The summed E-state index contributed by atoms with van der Waals surface area (Å²) in [6.07, 6.45) is 1.03. The summed E-state index contributed by atoms with van der Waals surface area (Å²) in [5.41, 5.74) is 3.61. The van der Waals surface area contributed by atoms with E-state index in [1.807, 2.05) is 32.7 Å². The molecule has 2 aliphatic heterocycles. The summed E-state index contributed by atoms with van der Waals surface area (Å²) < 4.78 is 0. The van der Waals surface area contributed by atoms with Crippen LogP contribution in [0.25, 0.3) is 0 Å². The zero-order valence-corrected chi connectivity index (χ0v) is 13.8. The maximum Gasteiger partial charge on any atom is 0.320 e. The first-order valence-corrected chi connectivity index (χ1v) is 7.77. The standard InChI is InChI=1S/C14H20N4O.C2H6/c1-10-8-11(9-18-7-6-17(3)14(18)19)12-4-5-16(2)13(12)15-10;1-2/h8H,4-7,9H2,1-3H3;1-2H3. The molecule has 1 fully saturated rings. The predicted octanol–water partition coefficient (Wildman–Crippen LogP) is 2.28. The molecule has 1 aromatic heterocycles. The minimum absolute atomic E-state index is 0.134. The molecule has 0 unspecified atom stereocenters. The highest BCUT2D eigenvalue weighted by molar-refractivity contribution is 5.76. The van der Waals surface area contributed by atoms with Gasteiger partial charge in [-0.2, -0.15) is 0 Å². The normalized spacial score (nSPS) is 17.0. The fourth-order valence-electron chi connectivity index (χ4n) is 2.92. The number of aryl methyl sites for hydroxylation is 1. The fraction of sp³-hybridized carbons (Fsp3) is 0.625. The van der Waals surface area contributed by atoms with Gasteiger partial charge >= 0.3 is 6.03 Å². The van der Waals surface area contributed by atoms with E-state index in [2.05, 4.69) is 23.0 Å². The zero-order valence-electron chi connectivity index (χ0n) is 13.8. The van der Waals surface area contributed by atoms with Crippen molar-refractivity contribution in [3.63, 3.8) is 0 Å². The van der Waals surface area contributed by atoms with E-state index in [-0.39, 0.29) is 6.03 Å². The number of amides is 2. The number of urea groups is 1. The number of nitrogens with zero attached hydrogens (tertiary/aromatic N) is 4.